The summed E-state index contributed by atoms with van der Waals surface area (Å²) in [6.07, 6.45) is 0.135. The minimum absolute atomic E-state index is 0.0437. The maximum Gasteiger partial charge on any atom is 0.236 e. The summed E-state index contributed by atoms with van der Waals surface area (Å²) in [4.78, 5) is 31.4. The van der Waals surface area contributed by atoms with Crippen LogP contribution < -0.4 is 4.90 Å². The Balaban J connectivity index is 1.92. The van der Waals surface area contributed by atoms with Gasteiger partial charge in [0, 0.05) is 24.7 Å². The molecule has 2 aromatic carbocycles. The molecule has 23 heavy (non-hydrogen) atoms. The average molecular weight is 306 g/mol. The zero-order valence-corrected chi connectivity index (χ0v) is 13.2. The number of aliphatic imine (C=N–C) groups is 1. The molecule has 0 radical (unpaired) electrons. The number of rotatable bonds is 3. The van der Waals surface area contributed by atoms with E-state index in [1.54, 1.807) is 24.1 Å². The second-order valence-electron chi connectivity index (χ2n) is 5.69. The third kappa shape index (κ3) is 2.93. The highest BCUT2D eigenvalue weighted by atomic mass is 16.2. The highest BCUT2D eigenvalue weighted by Gasteiger charge is 2.31. The van der Waals surface area contributed by atoms with Crippen LogP contribution in [0.15, 0.2) is 59.6 Å². The van der Waals surface area contributed by atoms with Crippen molar-refractivity contribution in [2.24, 2.45) is 10.9 Å². The first-order valence-electron chi connectivity index (χ1n) is 7.58. The number of amides is 1. The number of carbonyl (C=O) groups is 2. The van der Waals surface area contributed by atoms with E-state index in [4.69, 9.17) is 0 Å². The molecule has 1 aliphatic heterocycles. The largest absolute Gasteiger partial charge is 0.313 e. The van der Waals surface area contributed by atoms with Crippen molar-refractivity contribution in [1.29, 1.82) is 0 Å². The predicted molar refractivity (Wildman–Crippen MR) is 91.5 cm³/mol. The highest BCUT2D eigenvalue weighted by molar-refractivity contribution is 6.15. The Hall–Kier alpha value is -2.75. The number of hydrogen-bond donors (Lipinski definition) is 0. The molecule has 1 unspecified atom stereocenters. The SMILES string of the molecule is CC1=Nc2ccccc2N(C)C(=O)C1CC(=O)c1ccccc1. The predicted octanol–water partition coefficient (Wildman–Crippen LogP) is 3.64. The molecular formula is C19H18N2O2. The molecule has 0 aromatic heterocycles. The van der Waals surface area contributed by atoms with Crippen molar-refractivity contribution in [3.8, 4) is 0 Å². The van der Waals surface area contributed by atoms with E-state index >= 15 is 0 Å². The van der Waals surface area contributed by atoms with Gasteiger partial charge in [-0.25, -0.2) is 0 Å². The lowest BCUT2D eigenvalue weighted by Crippen LogP contribution is -2.36. The third-order valence-corrected chi connectivity index (χ3v) is 4.16. The molecular weight excluding hydrogens is 288 g/mol. The van der Waals surface area contributed by atoms with Crippen LogP contribution in [-0.2, 0) is 4.79 Å². The molecule has 4 heteroatoms. The topological polar surface area (TPSA) is 49.7 Å². The van der Waals surface area contributed by atoms with Gasteiger partial charge in [-0.1, -0.05) is 42.5 Å². The molecule has 0 N–H and O–H groups in total. The monoisotopic (exact) mass is 306 g/mol. The van der Waals surface area contributed by atoms with Gasteiger partial charge in [-0.15, -0.1) is 0 Å². The van der Waals surface area contributed by atoms with Crippen LogP contribution in [0.25, 0.3) is 0 Å². The zero-order chi connectivity index (χ0) is 16.4. The summed E-state index contributed by atoms with van der Waals surface area (Å²) < 4.78 is 0. The fourth-order valence-electron chi connectivity index (χ4n) is 2.80. The van der Waals surface area contributed by atoms with Crippen molar-refractivity contribution in [2.45, 2.75) is 13.3 Å². The Bertz CT molecular complexity index is 781. The van der Waals surface area contributed by atoms with Gasteiger partial charge in [0.1, 0.15) is 0 Å². The quantitative estimate of drug-likeness (QED) is 0.813. The van der Waals surface area contributed by atoms with E-state index in [1.807, 2.05) is 49.4 Å². The Labute approximate surface area is 135 Å². The lowest BCUT2D eigenvalue weighted by atomic mass is 9.93. The molecule has 4 nitrogen and oxygen atoms in total. The number of anilines is 1. The number of fused-ring (bicyclic) bond motifs is 1. The number of para-hydroxylation sites is 2. The summed E-state index contributed by atoms with van der Waals surface area (Å²) in [5, 5.41) is 0. The molecule has 1 atom stereocenters. The molecule has 0 saturated heterocycles. The third-order valence-electron chi connectivity index (χ3n) is 4.16. The number of carbonyl (C=O) groups excluding carboxylic acids is 2. The molecule has 1 aliphatic rings. The normalized spacial score (nSPS) is 17.3. The van der Waals surface area contributed by atoms with Gasteiger partial charge in [-0.2, -0.15) is 0 Å². The Kier molecular flexibility index (Phi) is 4.06. The first-order valence-corrected chi connectivity index (χ1v) is 7.58. The minimum atomic E-state index is -0.528. The first kappa shape index (κ1) is 15.2. The molecule has 0 bridgehead atoms. The second-order valence-corrected chi connectivity index (χ2v) is 5.69. The Morgan fingerprint density at radius 2 is 1.74 bits per heavy atom. The van der Waals surface area contributed by atoms with Crippen molar-refractivity contribution in [2.75, 3.05) is 11.9 Å². The lowest BCUT2D eigenvalue weighted by Gasteiger charge is -2.21. The van der Waals surface area contributed by atoms with Crippen LogP contribution in [0.3, 0.4) is 0 Å². The van der Waals surface area contributed by atoms with Crippen LogP contribution in [0.4, 0.5) is 11.4 Å². The number of benzene rings is 2. The summed E-state index contributed by atoms with van der Waals surface area (Å²) >= 11 is 0. The number of ketones is 1. The van der Waals surface area contributed by atoms with Crippen LogP contribution in [0.5, 0.6) is 0 Å². The van der Waals surface area contributed by atoms with E-state index in [9.17, 15) is 9.59 Å². The van der Waals surface area contributed by atoms with E-state index in [-0.39, 0.29) is 18.1 Å². The summed E-state index contributed by atoms with van der Waals surface area (Å²) in [6, 6.07) is 16.6. The van der Waals surface area contributed by atoms with Crippen LogP contribution in [-0.4, -0.2) is 24.4 Å². The van der Waals surface area contributed by atoms with Gasteiger partial charge < -0.3 is 4.90 Å². The van der Waals surface area contributed by atoms with E-state index in [0.717, 1.165) is 11.4 Å². The van der Waals surface area contributed by atoms with Gasteiger partial charge in [-0.3, -0.25) is 14.6 Å². The van der Waals surface area contributed by atoms with E-state index in [2.05, 4.69) is 4.99 Å². The van der Waals surface area contributed by atoms with Crippen molar-refractivity contribution >= 4 is 28.8 Å². The van der Waals surface area contributed by atoms with E-state index in [1.165, 1.54) is 0 Å². The molecule has 0 saturated carbocycles. The van der Waals surface area contributed by atoms with Gasteiger partial charge in [-0.05, 0) is 19.1 Å². The average Bonchev–Trinajstić information content (AvgIpc) is 2.66. The van der Waals surface area contributed by atoms with E-state index in [0.29, 0.717) is 11.3 Å². The van der Waals surface area contributed by atoms with E-state index < -0.39 is 5.92 Å². The Morgan fingerprint density at radius 1 is 1.09 bits per heavy atom. The van der Waals surface area contributed by atoms with Gasteiger partial charge in [0.05, 0.1) is 17.3 Å². The molecule has 3 rings (SSSR count). The summed E-state index contributed by atoms with van der Waals surface area (Å²) in [7, 11) is 1.73. The fourth-order valence-corrected chi connectivity index (χ4v) is 2.80. The van der Waals surface area contributed by atoms with Crippen LogP contribution in [0.1, 0.15) is 23.7 Å². The molecule has 0 aliphatic carbocycles. The van der Waals surface area contributed by atoms with Crippen molar-refractivity contribution in [3.63, 3.8) is 0 Å². The molecule has 0 fully saturated rings. The summed E-state index contributed by atoms with van der Waals surface area (Å²) in [6.45, 7) is 1.82. The zero-order valence-electron chi connectivity index (χ0n) is 13.2. The van der Waals surface area contributed by atoms with Crippen molar-refractivity contribution in [1.82, 2.24) is 0 Å². The molecule has 116 valence electrons. The fraction of sp³-hybridized carbons (Fsp3) is 0.211. The van der Waals surface area contributed by atoms with Gasteiger partial charge in [0.15, 0.2) is 5.78 Å². The minimum Gasteiger partial charge on any atom is -0.313 e. The van der Waals surface area contributed by atoms with Crippen LogP contribution >= 0.6 is 0 Å². The smallest absolute Gasteiger partial charge is 0.236 e. The highest BCUT2D eigenvalue weighted by Crippen LogP contribution is 2.33. The van der Waals surface area contributed by atoms with Crippen LogP contribution in [0.2, 0.25) is 0 Å². The number of nitrogens with zero attached hydrogens (tertiary/aromatic N) is 2. The van der Waals surface area contributed by atoms with Gasteiger partial charge in [0.2, 0.25) is 5.91 Å². The maximum absolute atomic E-state index is 12.8. The molecule has 2 aromatic rings. The van der Waals surface area contributed by atoms with Gasteiger partial charge in [0.25, 0.3) is 0 Å². The summed E-state index contributed by atoms with van der Waals surface area (Å²) in [5.41, 5.74) is 2.83. The Morgan fingerprint density at radius 3 is 2.48 bits per heavy atom. The molecule has 1 amide bonds. The first-order chi connectivity index (χ1) is 11.1. The van der Waals surface area contributed by atoms with Gasteiger partial charge >= 0.3 is 0 Å². The molecule has 0 spiro atoms. The second kappa shape index (κ2) is 6.16. The van der Waals surface area contributed by atoms with Crippen LogP contribution in [0, 0.1) is 5.92 Å². The number of Topliss-reactive ketones (excluding diaryl/α,β-unsaturated/α-hetero) is 1. The van der Waals surface area contributed by atoms with Crippen molar-refractivity contribution < 1.29 is 9.59 Å². The standard InChI is InChI=1S/C19H18N2O2/c1-13-15(12-18(22)14-8-4-3-5-9-14)19(23)21(2)17-11-7-6-10-16(17)20-13/h3-11,15H,12H2,1-2H3. The molecule has 1 heterocycles. The lowest BCUT2D eigenvalue weighted by molar-refractivity contribution is -0.120. The number of hydrogen-bond acceptors (Lipinski definition) is 3. The maximum atomic E-state index is 12.8. The summed E-state index contributed by atoms with van der Waals surface area (Å²) in [5.74, 6) is -0.668. The van der Waals surface area contributed by atoms with Crippen molar-refractivity contribution in [3.05, 3.63) is 60.2 Å².